The molecule has 72 valence electrons. The van der Waals surface area contributed by atoms with Gasteiger partial charge >= 0.3 is 0 Å². The first-order valence-electron chi connectivity index (χ1n) is 4.65. The molecular formula is C11H11BrN2. The van der Waals surface area contributed by atoms with Gasteiger partial charge in [0.1, 0.15) is 0 Å². The molecule has 0 saturated heterocycles. The van der Waals surface area contributed by atoms with Crippen molar-refractivity contribution in [2.75, 3.05) is 11.9 Å². The molecule has 1 aromatic carbocycles. The minimum absolute atomic E-state index is 0.0810. The molecule has 3 heteroatoms. The van der Waals surface area contributed by atoms with Crippen LogP contribution in [0.5, 0.6) is 0 Å². The van der Waals surface area contributed by atoms with Gasteiger partial charge in [-0.05, 0) is 31.0 Å². The summed E-state index contributed by atoms with van der Waals surface area (Å²) in [6.07, 6.45) is 2.06. The molecule has 0 spiro atoms. The summed E-state index contributed by atoms with van der Waals surface area (Å²) in [7, 11) is 0. The highest BCUT2D eigenvalue weighted by atomic mass is 79.9. The van der Waals surface area contributed by atoms with E-state index in [1.807, 2.05) is 24.3 Å². The van der Waals surface area contributed by atoms with E-state index in [-0.39, 0.29) is 5.41 Å². The van der Waals surface area contributed by atoms with Gasteiger partial charge in [0.15, 0.2) is 0 Å². The van der Waals surface area contributed by atoms with Crippen LogP contribution in [0.2, 0.25) is 0 Å². The Hall–Kier alpha value is -1.01. The fourth-order valence-corrected chi connectivity index (χ4v) is 1.75. The van der Waals surface area contributed by atoms with E-state index in [2.05, 4.69) is 27.3 Å². The fourth-order valence-electron chi connectivity index (χ4n) is 1.35. The van der Waals surface area contributed by atoms with Crippen molar-refractivity contribution < 1.29 is 0 Å². The van der Waals surface area contributed by atoms with Crippen LogP contribution >= 0.6 is 15.9 Å². The first-order valence-corrected chi connectivity index (χ1v) is 5.44. The number of nitrogens with zero attached hydrogens (tertiary/aromatic N) is 1. The average molecular weight is 251 g/mol. The van der Waals surface area contributed by atoms with E-state index < -0.39 is 0 Å². The van der Waals surface area contributed by atoms with Gasteiger partial charge in [0.05, 0.1) is 11.5 Å². The van der Waals surface area contributed by atoms with Gasteiger partial charge in [0.25, 0.3) is 0 Å². The Labute approximate surface area is 92.1 Å². The number of rotatable bonds is 3. The number of benzene rings is 1. The fraction of sp³-hybridized carbons (Fsp3) is 0.364. The summed E-state index contributed by atoms with van der Waals surface area (Å²) in [5, 5.41) is 12.2. The zero-order valence-electron chi connectivity index (χ0n) is 7.76. The lowest BCUT2D eigenvalue weighted by Gasteiger charge is -2.09. The van der Waals surface area contributed by atoms with Crippen molar-refractivity contribution in [3.05, 3.63) is 28.7 Å². The Kier molecular flexibility index (Phi) is 2.47. The standard InChI is InChI=1S/C11H11BrN2/c12-9-2-1-3-10(6-9)14-8-11(7-13)4-5-11/h1-3,6,14H,4-5,8H2. The molecule has 0 aromatic heterocycles. The van der Waals surface area contributed by atoms with Gasteiger partial charge in [-0.1, -0.05) is 22.0 Å². The summed E-state index contributed by atoms with van der Waals surface area (Å²) in [6, 6.07) is 10.4. The average Bonchev–Trinajstić information content (AvgIpc) is 2.96. The van der Waals surface area contributed by atoms with Crippen molar-refractivity contribution in [3.63, 3.8) is 0 Å². The van der Waals surface area contributed by atoms with Crippen LogP contribution in [0.25, 0.3) is 0 Å². The van der Waals surface area contributed by atoms with Crippen molar-refractivity contribution in [1.29, 1.82) is 5.26 Å². The highest BCUT2D eigenvalue weighted by Crippen LogP contribution is 2.44. The van der Waals surface area contributed by atoms with E-state index in [1.54, 1.807) is 0 Å². The second-order valence-electron chi connectivity index (χ2n) is 3.76. The van der Waals surface area contributed by atoms with E-state index >= 15 is 0 Å². The Morgan fingerprint density at radius 1 is 1.50 bits per heavy atom. The Bertz CT molecular complexity index is 377. The third-order valence-corrected chi connectivity index (χ3v) is 3.04. The molecule has 1 aromatic rings. The van der Waals surface area contributed by atoms with Gasteiger partial charge < -0.3 is 5.32 Å². The summed E-state index contributed by atoms with van der Waals surface area (Å²) in [5.74, 6) is 0. The second kappa shape index (κ2) is 3.62. The van der Waals surface area contributed by atoms with Gasteiger partial charge in [-0.15, -0.1) is 0 Å². The summed E-state index contributed by atoms with van der Waals surface area (Å²) in [6.45, 7) is 0.764. The van der Waals surface area contributed by atoms with E-state index in [1.165, 1.54) is 0 Å². The maximum absolute atomic E-state index is 8.89. The topological polar surface area (TPSA) is 35.8 Å². The quantitative estimate of drug-likeness (QED) is 0.895. The van der Waals surface area contributed by atoms with Crippen molar-refractivity contribution in [3.8, 4) is 6.07 Å². The molecule has 0 bridgehead atoms. The number of nitriles is 1. The lowest BCUT2D eigenvalue weighted by molar-refractivity contribution is 0.711. The smallest absolute Gasteiger partial charge is 0.0747 e. The van der Waals surface area contributed by atoms with Crippen LogP contribution < -0.4 is 5.32 Å². The first-order chi connectivity index (χ1) is 6.74. The molecule has 0 heterocycles. The minimum Gasteiger partial charge on any atom is -0.383 e. The Morgan fingerprint density at radius 2 is 2.29 bits per heavy atom. The van der Waals surface area contributed by atoms with Gasteiger partial charge in [0.2, 0.25) is 0 Å². The third-order valence-electron chi connectivity index (χ3n) is 2.55. The van der Waals surface area contributed by atoms with Gasteiger partial charge in [-0.25, -0.2) is 0 Å². The van der Waals surface area contributed by atoms with Crippen LogP contribution in [0.3, 0.4) is 0 Å². The highest BCUT2D eigenvalue weighted by Gasteiger charge is 2.42. The molecule has 0 unspecified atom stereocenters. The molecule has 0 aliphatic heterocycles. The molecule has 1 fully saturated rings. The first kappa shape index (κ1) is 9.54. The molecule has 1 aliphatic carbocycles. The van der Waals surface area contributed by atoms with Gasteiger partial charge in [-0.3, -0.25) is 0 Å². The lowest BCUT2D eigenvalue weighted by Crippen LogP contribution is -2.13. The molecule has 1 aliphatic rings. The summed E-state index contributed by atoms with van der Waals surface area (Å²) >= 11 is 3.41. The van der Waals surface area contributed by atoms with Crippen molar-refractivity contribution >= 4 is 21.6 Å². The zero-order valence-corrected chi connectivity index (χ0v) is 9.34. The molecule has 0 radical (unpaired) electrons. The van der Waals surface area contributed by atoms with Crippen LogP contribution in [-0.4, -0.2) is 6.54 Å². The summed E-state index contributed by atoms with van der Waals surface area (Å²) in [5.41, 5.74) is 0.989. The molecule has 0 amide bonds. The second-order valence-corrected chi connectivity index (χ2v) is 4.67. The number of hydrogen-bond donors (Lipinski definition) is 1. The SMILES string of the molecule is N#CC1(CNc2cccc(Br)c2)CC1. The van der Waals surface area contributed by atoms with Crippen molar-refractivity contribution in [2.24, 2.45) is 5.41 Å². The van der Waals surface area contributed by atoms with Crippen molar-refractivity contribution in [2.45, 2.75) is 12.8 Å². The summed E-state index contributed by atoms with van der Waals surface area (Å²) < 4.78 is 1.06. The van der Waals surface area contributed by atoms with E-state index in [0.717, 1.165) is 29.5 Å². The monoisotopic (exact) mass is 250 g/mol. The van der Waals surface area contributed by atoms with Crippen LogP contribution in [0.4, 0.5) is 5.69 Å². The highest BCUT2D eigenvalue weighted by molar-refractivity contribution is 9.10. The van der Waals surface area contributed by atoms with Crippen molar-refractivity contribution in [1.82, 2.24) is 0 Å². The number of hydrogen-bond acceptors (Lipinski definition) is 2. The molecule has 1 saturated carbocycles. The third kappa shape index (κ3) is 2.08. The van der Waals surface area contributed by atoms with Gasteiger partial charge in [-0.2, -0.15) is 5.26 Å². The maximum Gasteiger partial charge on any atom is 0.0747 e. The number of halogens is 1. The predicted octanol–water partition coefficient (Wildman–Crippen LogP) is 3.16. The van der Waals surface area contributed by atoms with Gasteiger partial charge in [0, 0.05) is 16.7 Å². The normalized spacial score (nSPS) is 17.1. The Balaban J connectivity index is 1.96. The predicted molar refractivity (Wildman–Crippen MR) is 59.9 cm³/mol. The number of nitrogens with one attached hydrogen (secondary N) is 1. The molecule has 1 N–H and O–H groups in total. The molecule has 14 heavy (non-hydrogen) atoms. The summed E-state index contributed by atoms with van der Waals surface area (Å²) in [4.78, 5) is 0. The maximum atomic E-state index is 8.89. The number of anilines is 1. The van der Waals surface area contributed by atoms with Crippen LogP contribution in [-0.2, 0) is 0 Å². The molecule has 2 rings (SSSR count). The van der Waals surface area contributed by atoms with Crippen LogP contribution in [0.1, 0.15) is 12.8 Å². The van der Waals surface area contributed by atoms with E-state index in [9.17, 15) is 0 Å². The Morgan fingerprint density at radius 3 is 2.86 bits per heavy atom. The molecule has 2 nitrogen and oxygen atoms in total. The lowest BCUT2D eigenvalue weighted by atomic mass is 10.1. The molecule has 0 atom stereocenters. The zero-order chi connectivity index (χ0) is 10.0. The van der Waals surface area contributed by atoms with Crippen LogP contribution in [0, 0.1) is 16.7 Å². The largest absolute Gasteiger partial charge is 0.383 e. The van der Waals surface area contributed by atoms with Crippen LogP contribution in [0.15, 0.2) is 28.7 Å². The molecular weight excluding hydrogens is 240 g/mol. The van der Waals surface area contributed by atoms with E-state index in [4.69, 9.17) is 5.26 Å². The minimum atomic E-state index is -0.0810. The van der Waals surface area contributed by atoms with E-state index in [0.29, 0.717) is 0 Å².